The van der Waals surface area contributed by atoms with Crippen molar-refractivity contribution in [2.75, 3.05) is 19.5 Å². The Morgan fingerprint density at radius 3 is 2.07 bits per heavy atom. The summed E-state index contributed by atoms with van der Waals surface area (Å²) in [5.41, 5.74) is 4.81. The molecule has 2 N–H and O–H groups in total. The molecule has 1 amide bonds. The first-order valence-electron chi connectivity index (χ1n) is 13.8. The fourth-order valence-corrected chi connectivity index (χ4v) is 7.78. The Hall–Kier alpha value is -5.36. The van der Waals surface area contributed by atoms with E-state index in [-0.39, 0.29) is 16.8 Å². The lowest BCUT2D eigenvalue weighted by Crippen LogP contribution is -2.18. The van der Waals surface area contributed by atoms with Crippen molar-refractivity contribution in [1.82, 2.24) is 10.3 Å². The predicted octanol–water partition coefficient (Wildman–Crippen LogP) is 7.00. The fraction of sp³-hybridized carbons (Fsp3) is 0.0571. The van der Waals surface area contributed by atoms with Crippen molar-refractivity contribution < 1.29 is 28.6 Å². The highest BCUT2D eigenvalue weighted by Crippen LogP contribution is 2.41. The number of nitrogens with zero attached hydrogens (tertiary/aromatic N) is 1. The number of amides is 1. The Balaban J connectivity index is 1.25. The van der Waals surface area contributed by atoms with Crippen LogP contribution in [0.4, 0.5) is 10.5 Å². The number of nitrogens with one attached hydrogen (secondary N) is 2. The average Bonchev–Trinajstić information content (AvgIpc) is 3.53. The zero-order valence-electron chi connectivity index (χ0n) is 24.2. The van der Waals surface area contributed by atoms with Crippen molar-refractivity contribution in [2.45, 2.75) is 0 Å². The molecular weight excluding hydrogens is 685 g/mol. The van der Waals surface area contributed by atoms with Gasteiger partial charge in [0.1, 0.15) is 5.75 Å². The molecule has 1 aliphatic heterocycles. The highest BCUT2D eigenvalue weighted by molar-refractivity contribution is 14.2. The van der Waals surface area contributed by atoms with Gasteiger partial charge in [-0.05, 0) is 64.9 Å². The molecule has 9 nitrogen and oxygen atoms in total. The Morgan fingerprint density at radius 1 is 0.711 bits per heavy atom. The molecule has 224 valence electrons. The Morgan fingerprint density at radius 2 is 1.38 bits per heavy atom. The number of carbonyl (C=O) groups excluding carboxylic acids is 3. The first-order chi connectivity index (χ1) is 21.9. The van der Waals surface area contributed by atoms with E-state index in [1.807, 2.05) is 42.5 Å². The molecule has 10 heteroatoms. The Bertz CT molecular complexity index is 1970. The lowest BCUT2D eigenvalue weighted by atomic mass is 10.0. The van der Waals surface area contributed by atoms with Crippen LogP contribution in [0.2, 0.25) is 0 Å². The molecule has 5 aromatic rings. The van der Waals surface area contributed by atoms with Crippen molar-refractivity contribution in [1.29, 1.82) is 0 Å². The van der Waals surface area contributed by atoms with E-state index in [1.165, 1.54) is 45.2 Å². The molecule has 0 saturated carbocycles. The minimum atomic E-state index is -0.790. The van der Waals surface area contributed by atoms with Crippen LogP contribution in [0.3, 0.4) is 0 Å². The van der Waals surface area contributed by atoms with Gasteiger partial charge in [-0.25, -0.2) is 14.4 Å². The number of ether oxygens (including phenoxy) is 3. The van der Waals surface area contributed by atoms with Crippen LogP contribution in [0, 0.1) is 0 Å². The quantitative estimate of drug-likeness (QED) is 0.137. The zero-order valence-corrected chi connectivity index (χ0v) is 26.3. The van der Waals surface area contributed by atoms with Gasteiger partial charge in [0.15, 0.2) is 0 Å². The molecule has 4 aromatic carbocycles. The van der Waals surface area contributed by atoms with Crippen LogP contribution in [0.15, 0.2) is 109 Å². The summed E-state index contributed by atoms with van der Waals surface area (Å²) in [5, 5.41) is 8.16. The second kappa shape index (κ2) is 13.1. The number of fused-ring (bicyclic) bond motifs is 1. The van der Waals surface area contributed by atoms with Crippen LogP contribution in [0.5, 0.6) is 5.75 Å². The van der Waals surface area contributed by atoms with Gasteiger partial charge < -0.3 is 19.5 Å². The Labute approximate surface area is 268 Å². The number of anilines is 1. The van der Waals surface area contributed by atoms with Gasteiger partial charge in [0.05, 0.1) is 34.7 Å². The summed E-state index contributed by atoms with van der Waals surface area (Å²) in [6, 6.07) is 30.1. The molecule has 45 heavy (non-hydrogen) atoms. The summed E-state index contributed by atoms with van der Waals surface area (Å²) in [5.74, 6) is -1.00. The normalized spacial score (nSPS) is 12.4. The van der Waals surface area contributed by atoms with Crippen molar-refractivity contribution in [3.8, 4) is 5.75 Å². The maximum Gasteiger partial charge on any atom is 0.417 e. The van der Waals surface area contributed by atoms with Crippen LogP contribution < -0.4 is 15.4 Å². The molecule has 0 fully saturated rings. The van der Waals surface area contributed by atoms with Gasteiger partial charge in [0.25, 0.3) is 0 Å². The van der Waals surface area contributed by atoms with E-state index in [2.05, 4.69) is 39.9 Å². The molecule has 0 atom stereocenters. The number of hydrogen-bond donors (Lipinski definition) is 2. The summed E-state index contributed by atoms with van der Waals surface area (Å²) in [4.78, 5) is 41.1. The monoisotopic (exact) mass is 711 g/mol. The zero-order chi connectivity index (χ0) is 31.3. The van der Waals surface area contributed by atoms with Crippen molar-refractivity contribution in [2.24, 2.45) is 0 Å². The molecule has 6 rings (SSSR count). The number of pyridine rings is 1. The SMILES string of the molecule is COC(=O)c1cc(NC(=O)Oc2ccc3cc(C4=C(c5ccncc5)NC(c5ccccc5)=I4)ccc3c2)cc(C(=O)OC)c1. The number of methoxy groups -OCH3 is 2. The van der Waals surface area contributed by atoms with Gasteiger partial charge in [0.2, 0.25) is 0 Å². The summed E-state index contributed by atoms with van der Waals surface area (Å²) < 4.78 is 17.6. The Kier molecular flexibility index (Phi) is 8.65. The van der Waals surface area contributed by atoms with E-state index in [4.69, 9.17) is 14.2 Å². The predicted molar refractivity (Wildman–Crippen MR) is 181 cm³/mol. The van der Waals surface area contributed by atoms with Crippen LogP contribution >= 0.6 is 20.7 Å². The summed E-state index contributed by atoms with van der Waals surface area (Å²) in [6.07, 6.45) is 2.81. The summed E-state index contributed by atoms with van der Waals surface area (Å²) >= 11 is -0.500. The van der Waals surface area contributed by atoms with Gasteiger partial charge in [-0.15, -0.1) is 0 Å². The minimum absolute atomic E-state index is 0.0767. The number of esters is 2. The van der Waals surface area contributed by atoms with Crippen molar-refractivity contribution in [3.63, 3.8) is 0 Å². The number of aromatic nitrogens is 1. The smallest absolute Gasteiger partial charge is 0.417 e. The van der Waals surface area contributed by atoms with Crippen molar-refractivity contribution in [3.05, 3.63) is 137 Å². The molecule has 2 heterocycles. The van der Waals surface area contributed by atoms with E-state index in [0.717, 1.165) is 27.6 Å². The van der Waals surface area contributed by atoms with Crippen LogP contribution in [-0.4, -0.2) is 40.9 Å². The molecular formula is C35H26IN3O6. The largest absolute Gasteiger partial charge is 0.465 e. The molecule has 0 saturated heterocycles. The molecule has 1 aliphatic rings. The highest BCUT2D eigenvalue weighted by Gasteiger charge is 2.21. The van der Waals surface area contributed by atoms with E-state index < -0.39 is 38.8 Å². The van der Waals surface area contributed by atoms with Crippen LogP contribution in [0.25, 0.3) is 20.0 Å². The van der Waals surface area contributed by atoms with Crippen LogP contribution in [0.1, 0.15) is 37.4 Å². The molecule has 1 aromatic heterocycles. The number of benzene rings is 4. The van der Waals surface area contributed by atoms with E-state index >= 15 is 0 Å². The molecule has 0 bridgehead atoms. The highest BCUT2D eigenvalue weighted by atomic mass is 127. The average molecular weight is 712 g/mol. The molecule has 0 spiro atoms. The fourth-order valence-electron chi connectivity index (χ4n) is 4.80. The third kappa shape index (κ3) is 6.60. The van der Waals surface area contributed by atoms with Crippen LogP contribution in [-0.2, 0) is 9.47 Å². The first-order valence-corrected chi connectivity index (χ1v) is 15.9. The van der Waals surface area contributed by atoms with Crippen molar-refractivity contribution >= 4 is 68.1 Å². The minimum Gasteiger partial charge on any atom is -0.465 e. The maximum atomic E-state index is 12.8. The number of rotatable bonds is 7. The first kappa shape index (κ1) is 29.7. The molecule has 0 radical (unpaired) electrons. The second-order valence-electron chi connectivity index (χ2n) is 9.84. The second-order valence-corrected chi connectivity index (χ2v) is 12.5. The van der Waals surface area contributed by atoms with E-state index in [0.29, 0.717) is 5.75 Å². The van der Waals surface area contributed by atoms with E-state index in [9.17, 15) is 14.4 Å². The summed E-state index contributed by atoms with van der Waals surface area (Å²) in [6.45, 7) is 0. The number of carbonyl (C=O) groups is 3. The topological polar surface area (TPSA) is 116 Å². The maximum absolute atomic E-state index is 12.8. The molecule has 0 unspecified atom stereocenters. The third-order valence-electron chi connectivity index (χ3n) is 6.94. The van der Waals surface area contributed by atoms with Gasteiger partial charge >= 0.3 is 18.0 Å². The number of hydrogen-bond acceptors (Lipinski definition) is 8. The standard InChI is InChI=1S/C35H26IN3O6/c1-43-33(40)26-17-27(34(41)44-2)19-28(18-26)38-35(42)45-29-11-10-23-16-25(9-8-24(23)20-29)30-31(21-12-14-37-15-13-21)39-32(36-30)22-6-4-3-5-7-22/h3-20,39H,1-2H3,(H,38,42). The summed E-state index contributed by atoms with van der Waals surface area (Å²) in [7, 11) is 2.45. The van der Waals surface area contributed by atoms with Gasteiger partial charge in [-0.2, -0.15) is 0 Å². The van der Waals surface area contributed by atoms with Gasteiger partial charge in [-0.1, -0.05) is 69.3 Å². The third-order valence-corrected chi connectivity index (χ3v) is 10.1. The van der Waals surface area contributed by atoms with Gasteiger partial charge in [0, 0.05) is 32.8 Å². The number of halogens is 1. The lowest BCUT2D eigenvalue weighted by molar-refractivity contribution is 0.0599. The van der Waals surface area contributed by atoms with Gasteiger partial charge in [-0.3, -0.25) is 10.3 Å². The van der Waals surface area contributed by atoms with E-state index in [1.54, 1.807) is 24.5 Å². The molecule has 0 aliphatic carbocycles. The lowest BCUT2D eigenvalue weighted by Gasteiger charge is -2.11.